The van der Waals surface area contributed by atoms with Crippen molar-refractivity contribution in [1.82, 2.24) is 25.2 Å². The quantitative estimate of drug-likeness (QED) is 0.155. The third-order valence-electron chi connectivity index (χ3n) is 10.4. The fraction of sp³-hybridized carbons (Fsp3) is 0.333. The summed E-state index contributed by atoms with van der Waals surface area (Å²) in [5.74, 6) is 1.29. The van der Waals surface area contributed by atoms with Crippen LogP contribution in [0.2, 0.25) is 5.02 Å². The first-order valence-electron chi connectivity index (χ1n) is 18.0. The number of halogens is 1. The minimum atomic E-state index is 0.283. The molecule has 0 saturated carbocycles. The molecule has 2 unspecified atom stereocenters. The number of nitrogens with one attached hydrogen (secondary N) is 1. The molecule has 258 valence electrons. The van der Waals surface area contributed by atoms with E-state index in [4.69, 9.17) is 31.0 Å². The van der Waals surface area contributed by atoms with Crippen LogP contribution >= 0.6 is 11.6 Å². The molecular formula is C42H41ClN6O2. The maximum absolute atomic E-state index is 9.33. The monoisotopic (exact) mass is 696 g/mol. The van der Waals surface area contributed by atoms with E-state index >= 15 is 0 Å². The van der Waals surface area contributed by atoms with Gasteiger partial charge in [0.05, 0.1) is 33.5 Å². The Morgan fingerprint density at radius 1 is 0.922 bits per heavy atom. The lowest BCUT2D eigenvalue weighted by Crippen LogP contribution is -2.32. The molecule has 3 aliphatic heterocycles. The summed E-state index contributed by atoms with van der Waals surface area (Å²) in [5.41, 5.74) is 10.8. The Morgan fingerprint density at radius 3 is 2.67 bits per heavy atom. The number of aromatic nitrogens is 3. The fourth-order valence-electron chi connectivity index (χ4n) is 7.64. The molecule has 3 aromatic carbocycles. The molecule has 2 bridgehead atoms. The summed E-state index contributed by atoms with van der Waals surface area (Å²) >= 11 is 6.89. The van der Waals surface area contributed by atoms with Crippen molar-refractivity contribution in [3.63, 3.8) is 0 Å². The topological polar surface area (TPSA) is 96.2 Å². The van der Waals surface area contributed by atoms with Crippen LogP contribution in [0.25, 0.3) is 27.7 Å². The van der Waals surface area contributed by atoms with Gasteiger partial charge in [-0.3, -0.25) is 14.9 Å². The van der Waals surface area contributed by atoms with Crippen LogP contribution in [0.3, 0.4) is 0 Å². The molecule has 5 heterocycles. The zero-order valence-electron chi connectivity index (χ0n) is 28.9. The number of hydrogen-bond donors (Lipinski definition) is 1. The zero-order chi connectivity index (χ0) is 34.7. The van der Waals surface area contributed by atoms with Crippen LogP contribution in [-0.2, 0) is 19.8 Å². The molecule has 3 aliphatic rings. The molecule has 0 radical (unpaired) electrons. The van der Waals surface area contributed by atoms with Crippen LogP contribution in [0.4, 0.5) is 0 Å². The van der Waals surface area contributed by atoms with E-state index in [9.17, 15) is 5.26 Å². The van der Waals surface area contributed by atoms with Gasteiger partial charge in [0.1, 0.15) is 30.8 Å². The average molecular weight is 697 g/mol. The summed E-state index contributed by atoms with van der Waals surface area (Å²) in [4.78, 5) is 16.5. The van der Waals surface area contributed by atoms with E-state index in [-0.39, 0.29) is 6.61 Å². The number of hydrogen-bond acceptors (Lipinski definition) is 8. The van der Waals surface area contributed by atoms with Gasteiger partial charge in [-0.25, -0.2) is 4.98 Å². The number of rotatable bonds is 10. The van der Waals surface area contributed by atoms with E-state index in [1.807, 2.05) is 18.3 Å². The van der Waals surface area contributed by atoms with E-state index < -0.39 is 0 Å². The second-order valence-electron chi connectivity index (χ2n) is 14.0. The third kappa shape index (κ3) is 7.48. The van der Waals surface area contributed by atoms with Crippen molar-refractivity contribution in [1.29, 1.82) is 5.26 Å². The number of piperidine rings is 1. The van der Waals surface area contributed by atoms with E-state index in [2.05, 4.69) is 70.7 Å². The largest absolute Gasteiger partial charge is 0.488 e. The first kappa shape index (κ1) is 33.3. The minimum Gasteiger partial charge on any atom is -0.488 e. The van der Waals surface area contributed by atoms with E-state index in [1.165, 1.54) is 37.7 Å². The standard InChI is InChI=1S/C42H41ClN6O2/c1-27-31(6-5-7-36(27)30-8-11-38-39(18-30)48-40(23-46-38)32-15-34-9-10-35(16-32)47-34)26-51-42-19-41(50-25-29-14-28(20-44)21-45-22-29)33(17-37(42)43)24-49-12-3-2-4-13-49/h5-8,11,14-15,17-19,21-23,34-35,47H,2-4,9-10,12-13,16,24-26H2,1H3. The van der Waals surface area contributed by atoms with Crippen molar-refractivity contribution in [2.45, 2.75) is 77.3 Å². The highest BCUT2D eigenvalue weighted by atomic mass is 35.5. The number of nitrogens with zero attached hydrogens (tertiary/aromatic N) is 5. The van der Waals surface area contributed by atoms with Crippen molar-refractivity contribution < 1.29 is 9.47 Å². The summed E-state index contributed by atoms with van der Waals surface area (Å²) < 4.78 is 12.8. The van der Waals surface area contributed by atoms with Gasteiger partial charge in [0, 0.05) is 48.2 Å². The van der Waals surface area contributed by atoms with Crippen LogP contribution in [-0.4, -0.2) is 45.0 Å². The van der Waals surface area contributed by atoms with Gasteiger partial charge >= 0.3 is 0 Å². The lowest BCUT2D eigenvalue weighted by molar-refractivity contribution is 0.214. The average Bonchev–Trinajstić information content (AvgIpc) is 3.51. The molecule has 8 rings (SSSR count). The second kappa shape index (κ2) is 14.8. The Balaban J connectivity index is 1.03. The van der Waals surface area contributed by atoms with Gasteiger partial charge in [-0.05, 0) is 104 Å². The number of fused-ring (bicyclic) bond motifs is 3. The predicted molar refractivity (Wildman–Crippen MR) is 200 cm³/mol. The van der Waals surface area contributed by atoms with E-state index in [0.717, 1.165) is 81.9 Å². The molecule has 5 aromatic rings. The van der Waals surface area contributed by atoms with Crippen LogP contribution in [0.5, 0.6) is 11.5 Å². The first-order valence-corrected chi connectivity index (χ1v) is 18.3. The Labute approximate surface area is 304 Å². The highest BCUT2D eigenvalue weighted by molar-refractivity contribution is 6.32. The van der Waals surface area contributed by atoms with Gasteiger partial charge in [0.15, 0.2) is 0 Å². The van der Waals surface area contributed by atoms with Gasteiger partial charge in [0.25, 0.3) is 0 Å². The van der Waals surface area contributed by atoms with Gasteiger partial charge in [0.2, 0.25) is 0 Å². The zero-order valence-corrected chi connectivity index (χ0v) is 29.6. The Morgan fingerprint density at radius 2 is 1.80 bits per heavy atom. The molecule has 0 spiro atoms. The van der Waals surface area contributed by atoms with Crippen LogP contribution in [0.15, 0.2) is 79.3 Å². The summed E-state index contributed by atoms with van der Waals surface area (Å²) in [6.07, 6.45) is 14.6. The molecule has 2 atom stereocenters. The van der Waals surface area contributed by atoms with Gasteiger partial charge in [-0.2, -0.15) is 5.26 Å². The molecule has 51 heavy (non-hydrogen) atoms. The maximum Gasteiger partial charge on any atom is 0.142 e. The minimum absolute atomic E-state index is 0.283. The summed E-state index contributed by atoms with van der Waals surface area (Å²) in [6, 6.07) is 21.5. The number of likely N-dealkylation sites (tertiary alicyclic amines) is 1. The van der Waals surface area contributed by atoms with Crippen molar-refractivity contribution in [2.75, 3.05) is 13.1 Å². The Kier molecular flexibility index (Phi) is 9.68. The van der Waals surface area contributed by atoms with Gasteiger partial charge in [-0.1, -0.05) is 48.4 Å². The molecule has 1 N–H and O–H groups in total. The third-order valence-corrected chi connectivity index (χ3v) is 10.7. The normalized spacial score (nSPS) is 18.7. The summed E-state index contributed by atoms with van der Waals surface area (Å²) in [6.45, 7) is 5.63. The lowest BCUT2D eigenvalue weighted by Gasteiger charge is -2.27. The Hall–Kier alpha value is -4.81. The van der Waals surface area contributed by atoms with Crippen LogP contribution in [0.1, 0.15) is 72.0 Å². The number of nitriles is 1. The van der Waals surface area contributed by atoms with Crippen LogP contribution < -0.4 is 14.8 Å². The summed E-state index contributed by atoms with van der Waals surface area (Å²) in [5, 5.41) is 13.6. The predicted octanol–water partition coefficient (Wildman–Crippen LogP) is 8.58. The van der Waals surface area contributed by atoms with E-state index in [0.29, 0.717) is 35.0 Å². The van der Waals surface area contributed by atoms with Gasteiger partial charge < -0.3 is 14.8 Å². The molecule has 2 aromatic heterocycles. The number of ether oxygens (including phenoxy) is 2. The van der Waals surface area contributed by atoms with Crippen molar-refractivity contribution in [2.24, 2.45) is 0 Å². The number of benzene rings is 3. The highest BCUT2D eigenvalue weighted by Crippen LogP contribution is 2.37. The van der Waals surface area contributed by atoms with Crippen molar-refractivity contribution in [3.05, 3.63) is 118 Å². The van der Waals surface area contributed by atoms with Crippen molar-refractivity contribution in [3.8, 4) is 28.7 Å². The molecule has 0 aliphatic carbocycles. The molecule has 2 saturated heterocycles. The molecule has 8 nitrogen and oxygen atoms in total. The molecule has 0 amide bonds. The molecule has 2 fully saturated rings. The van der Waals surface area contributed by atoms with Gasteiger partial charge in [-0.15, -0.1) is 0 Å². The van der Waals surface area contributed by atoms with E-state index in [1.54, 1.807) is 18.5 Å². The number of pyridine rings is 1. The van der Waals surface area contributed by atoms with Crippen molar-refractivity contribution >= 4 is 28.2 Å². The van der Waals surface area contributed by atoms with Crippen LogP contribution in [0, 0.1) is 18.3 Å². The maximum atomic E-state index is 9.33. The fourth-order valence-corrected chi connectivity index (χ4v) is 7.88. The molecule has 9 heteroatoms. The second-order valence-corrected chi connectivity index (χ2v) is 14.4. The lowest BCUT2D eigenvalue weighted by atomic mass is 9.96. The first-order chi connectivity index (χ1) is 25.0. The summed E-state index contributed by atoms with van der Waals surface area (Å²) in [7, 11) is 0. The molecular weight excluding hydrogens is 656 g/mol. The SMILES string of the molecule is Cc1c(COc2cc(OCc3cncc(C#N)c3)c(CN3CCCCC3)cc2Cl)cccc1-c1ccc2ncc(C3=CC4CCC(C3)N4)nc2c1. The smallest absolute Gasteiger partial charge is 0.142 e. The Bertz CT molecular complexity index is 2150. The highest BCUT2D eigenvalue weighted by Gasteiger charge is 2.29.